The molecule has 100 valence electrons. The molecule has 2 rings (SSSR count). The van der Waals surface area contributed by atoms with Gasteiger partial charge in [0.15, 0.2) is 0 Å². The fourth-order valence-electron chi connectivity index (χ4n) is 2.49. The van der Waals surface area contributed by atoms with E-state index < -0.39 is 0 Å². The second-order valence-corrected chi connectivity index (χ2v) is 7.48. The molecule has 0 spiro atoms. The van der Waals surface area contributed by atoms with Gasteiger partial charge in [-0.1, -0.05) is 24.3 Å². The maximum atomic E-state index is 5.57. The van der Waals surface area contributed by atoms with Crippen molar-refractivity contribution in [3.05, 3.63) is 35.4 Å². The SMILES string of the molecule is CC1(C)CN(Cc2ccc(CCN)cc2)CCS1. The quantitative estimate of drug-likeness (QED) is 0.906. The number of hydrogen-bond acceptors (Lipinski definition) is 3. The predicted molar refractivity (Wildman–Crippen MR) is 81.0 cm³/mol. The normalized spacial score (nSPS) is 19.9. The van der Waals surface area contributed by atoms with Crippen molar-refractivity contribution >= 4 is 11.8 Å². The summed E-state index contributed by atoms with van der Waals surface area (Å²) in [5.41, 5.74) is 8.33. The Morgan fingerprint density at radius 3 is 2.50 bits per heavy atom. The van der Waals surface area contributed by atoms with Crippen molar-refractivity contribution in [1.82, 2.24) is 4.90 Å². The Morgan fingerprint density at radius 2 is 1.89 bits per heavy atom. The molecule has 0 bridgehead atoms. The Morgan fingerprint density at radius 1 is 1.22 bits per heavy atom. The highest BCUT2D eigenvalue weighted by Crippen LogP contribution is 2.30. The summed E-state index contributed by atoms with van der Waals surface area (Å²) in [6.45, 7) is 8.88. The summed E-state index contributed by atoms with van der Waals surface area (Å²) in [6, 6.07) is 8.93. The lowest BCUT2D eigenvalue weighted by molar-refractivity contribution is 0.252. The van der Waals surface area contributed by atoms with Crippen molar-refractivity contribution < 1.29 is 0 Å². The van der Waals surface area contributed by atoms with E-state index in [4.69, 9.17) is 5.73 Å². The van der Waals surface area contributed by atoms with Gasteiger partial charge in [0.2, 0.25) is 0 Å². The monoisotopic (exact) mass is 264 g/mol. The van der Waals surface area contributed by atoms with Crippen LogP contribution in [0.25, 0.3) is 0 Å². The average molecular weight is 264 g/mol. The number of thioether (sulfide) groups is 1. The summed E-state index contributed by atoms with van der Waals surface area (Å²) < 4.78 is 0.401. The molecular formula is C15H24N2S. The topological polar surface area (TPSA) is 29.3 Å². The second kappa shape index (κ2) is 6.09. The highest BCUT2D eigenvalue weighted by Gasteiger charge is 2.26. The number of benzene rings is 1. The van der Waals surface area contributed by atoms with Crippen LogP contribution in [-0.2, 0) is 13.0 Å². The van der Waals surface area contributed by atoms with E-state index in [0.29, 0.717) is 4.75 Å². The van der Waals surface area contributed by atoms with Crippen LogP contribution in [0, 0.1) is 0 Å². The van der Waals surface area contributed by atoms with Gasteiger partial charge in [-0.15, -0.1) is 0 Å². The van der Waals surface area contributed by atoms with Crippen LogP contribution in [0.3, 0.4) is 0 Å². The molecule has 3 heteroatoms. The second-order valence-electron chi connectivity index (χ2n) is 5.67. The first-order valence-electron chi connectivity index (χ1n) is 6.73. The minimum Gasteiger partial charge on any atom is -0.330 e. The molecule has 0 radical (unpaired) electrons. The molecule has 0 aromatic heterocycles. The van der Waals surface area contributed by atoms with E-state index >= 15 is 0 Å². The van der Waals surface area contributed by atoms with Gasteiger partial charge in [0, 0.05) is 30.1 Å². The van der Waals surface area contributed by atoms with Crippen LogP contribution in [0.1, 0.15) is 25.0 Å². The fourth-order valence-corrected chi connectivity index (χ4v) is 3.66. The van der Waals surface area contributed by atoms with Crippen molar-refractivity contribution in [3.8, 4) is 0 Å². The van der Waals surface area contributed by atoms with E-state index in [1.807, 2.05) is 0 Å². The van der Waals surface area contributed by atoms with Crippen LogP contribution in [-0.4, -0.2) is 35.0 Å². The molecule has 1 heterocycles. The lowest BCUT2D eigenvalue weighted by atomic mass is 10.1. The van der Waals surface area contributed by atoms with Crippen molar-refractivity contribution in [1.29, 1.82) is 0 Å². The van der Waals surface area contributed by atoms with E-state index in [9.17, 15) is 0 Å². The zero-order valence-corrected chi connectivity index (χ0v) is 12.3. The van der Waals surface area contributed by atoms with Crippen LogP contribution in [0.2, 0.25) is 0 Å². The summed E-state index contributed by atoms with van der Waals surface area (Å²) in [5.74, 6) is 1.25. The molecule has 1 aromatic carbocycles. The lowest BCUT2D eigenvalue weighted by Gasteiger charge is -2.37. The van der Waals surface area contributed by atoms with E-state index in [-0.39, 0.29) is 0 Å². The smallest absolute Gasteiger partial charge is 0.0234 e. The van der Waals surface area contributed by atoms with Gasteiger partial charge in [0.05, 0.1) is 0 Å². The molecule has 0 saturated carbocycles. The molecule has 1 fully saturated rings. The van der Waals surface area contributed by atoms with E-state index in [0.717, 1.165) is 19.5 Å². The van der Waals surface area contributed by atoms with Gasteiger partial charge >= 0.3 is 0 Å². The van der Waals surface area contributed by atoms with Gasteiger partial charge in [-0.05, 0) is 37.9 Å². The molecule has 2 N–H and O–H groups in total. The Balaban J connectivity index is 1.92. The fraction of sp³-hybridized carbons (Fsp3) is 0.600. The molecule has 2 nitrogen and oxygen atoms in total. The molecule has 1 aliphatic rings. The Hall–Kier alpha value is -0.510. The minimum absolute atomic E-state index is 0.401. The molecule has 1 aliphatic heterocycles. The van der Waals surface area contributed by atoms with E-state index in [2.05, 4.69) is 54.8 Å². The van der Waals surface area contributed by atoms with Crippen molar-refractivity contribution in [2.75, 3.05) is 25.4 Å². The maximum Gasteiger partial charge on any atom is 0.0234 e. The van der Waals surface area contributed by atoms with Gasteiger partial charge in [0.1, 0.15) is 0 Å². The number of nitrogens with zero attached hydrogens (tertiary/aromatic N) is 1. The van der Waals surface area contributed by atoms with Crippen LogP contribution >= 0.6 is 11.8 Å². The summed E-state index contributed by atoms with van der Waals surface area (Å²) >= 11 is 2.09. The molecular weight excluding hydrogens is 240 g/mol. The zero-order chi connectivity index (χ0) is 13.0. The van der Waals surface area contributed by atoms with Gasteiger partial charge < -0.3 is 5.73 Å². The molecule has 0 aliphatic carbocycles. The number of rotatable bonds is 4. The van der Waals surface area contributed by atoms with Crippen molar-refractivity contribution in [2.45, 2.75) is 31.6 Å². The third-order valence-electron chi connectivity index (χ3n) is 3.37. The predicted octanol–water partition coefficient (Wildman–Crippen LogP) is 2.52. The van der Waals surface area contributed by atoms with Crippen LogP contribution in [0.5, 0.6) is 0 Å². The Kier molecular flexibility index (Phi) is 4.71. The van der Waals surface area contributed by atoms with E-state index in [1.165, 1.54) is 30.0 Å². The molecule has 1 aromatic rings. The first kappa shape index (κ1) is 13.9. The Bertz CT molecular complexity index is 373. The zero-order valence-electron chi connectivity index (χ0n) is 11.5. The summed E-state index contributed by atoms with van der Waals surface area (Å²) in [6.07, 6.45) is 0.980. The van der Waals surface area contributed by atoms with Gasteiger partial charge in [-0.3, -0.25) is 4.90 Å². The largest absolute Gasteiger partial charge is 0.330 e. The first-order chi connectivity index (χ1) is 8.59. The molecule has 0 amide bonds. The van der Waals surface area contributed by atoms with Crippen molar-refractivity contribution in [2.24, 2.45) is 5.73 Å². The summed E-state index contributed by atoms with van der Waals surface area (Å²) in [7, 11) is 0. The highest BCUT2D eigenvalue weighted by molar-refractivity contribution is 8.00. The maximum absolute atomic E-state index is 5.57. The van der Waals surface area contributed by atoms with E-state index in [1.54, 1.807) is 0 Å². The third-order valence-corrected chi connectivity index (χ3v) is 4.66. The standard InChI is InChI=1S/C15H24N2S/c1-15(2)12-17(9-10-18-15)11-14-5-3-13(4-6-14)7-8-16/h3-6H,7-12,16H2,1-2H3. The molecule has 0 atom stereocenters. The molecule has 1 saturated heterocycles. The minimum atomic E-state index is 0.401. The molecule has 0 unspecified atom stereocenters. The Labute approximate surface area is 115 Å². The highest BCUT2D eigenvalue weighted by atomic mass is 32.2. The van der Waals surface area contributed by atoms with Crippen molar-refractivity contribution in [3.63, 3.8) is 0 Å². The van der Waals surface area contributed by atoms with Gasteiger partial charge in [-0.2, -0.15) is 11.8 Å². The van der Waals surface area contributed by atoms with Crippen LogP contribution in [0.15, 0.2) is 24.3 Å². The number of hydrogen-bond donors (Lipinski definition) is 1. The van der Waals surface area contributed by atoms with Gasteiger partial charge in [0.25, 0.3) is 0 Å². The summed E-state index contributed by atoms with van der Waals surface area (Å²) in [5, 5.41) is 0. The van der Waals surface area contributed by atoms with Gasteiger partial charge in [-0.25, -0.2) is 0 Å². The van der Waals surface area contributed by atoms with Crippen LogP contribution in [0.4, 0.5) is 0 Å². The average Bonchev–Trinajstić information content (AvgIpc) is 2.31. The molecule has 18 heavy (non-hydrogen) atoms. The third kappa shape index (κ3) is 4.01. The van der Waals surface area contributed by atoms with Crippen LogP contribution < -0.4 is 5.73 Å². The first-order valence-corrected chi connectivity index (χ1v) is 7.72. The number of nitrogens with two attached hydrogens (primary N) is 1. The summed E-state index contributed by atoms with van der Waals surface area (Å²) in [4.78, 5) is 2.56. The lowest BCUT2D eigenvalue weighted by Crippen LogP contribution is -2.42.